The molecule has 0 saturated heterocycles. The maximum atomic E-state index is 11.5. The van der Waals surface area contributed by atoms with Crippen LogP contribution in [0.3, 0.4) is 0 Å². The predicted octanol–water partition coefficient (Wildman–Crippen LogP) is 5.23. The number of halogens is 1. The van der Waals surface area contributed by atoms with Gasteiger partial charge < -0.3 is 15.4 Å². The summed E-state index contributed by atoms with van der Waals surface area (Å²) in [5, 5.41) is 14.7. The number of benzene rings is 2. The van der Waals surface area contributed by atoms with Crippen LogP contribution in [0.15, 0.2) is 53.6 Å². The Labute approximate surface area is 189 Å². The van der Waals surface area contributed by atoms with Gasteiger partial charge in [0.1, 0.15) is 0 Å². The Morgan fingerprint density at radius 1 is 1.19 bits per heavy atom. The molecule has 0 aliphatic heterocycles. The number of nitriles is 1. The van der Waals surface area contributed by atoms with Crippen molar-refractivity contribution in [2.45, 2.75) is 18.7 Å². The smallest absolute Gasteiger partial charge is 0.221 e. The average molecular weight is 452 g/mol. The summed E-state index contributed by atoms with van der Waals surface area (Å²) in [4.78, 5) is 27.6. The first-order valence-electron chi connectivity index (χ1n) is 9.12. The van der Waals surface area contributed by atoms with Gasteiger partial charge in [-0.2, -0.15) is 5.26 Å². The minimum Gasteiger partial charge on any atom is -0.327 e. The van der Waals surface area contributed by atoms with Gasteiger partial charge in [-0.25, -0.2) is 0 Å². The van der Waals surface area contributed by atoms with Crippen LogP contribution in [-0.2, 0) is 9.59 Å². The highest BCUT2D eigenvalue weighted by molar-refractivity contribution is 8.00. The topological polar surface area (TPSA) is 107 Å². The van der Waals surface area contributed by atoms with Crippen LogP contribution < -0.4 is 15.4 Å². The fourth-order valence-electron chi connectivity index (χ4n) is 2.80. The van der Waals surface area contributed by atoms with Gasteiger partial charge in [0, 0.05) is 17.4 Å². The van der Waals surface area contributed by atoms with Gasteiger partial charge in [-0.3, -0.25) is 14.6 Å². The number of amides is 2. The number of nitrogens with zero attached hydrogens (tertiary/aromatic N) is 2. The standard InChI is InChI=1S/C22H18ClN5O2S/c1-13-7-19(26-12-29)20(27-14(2)30)9-21(13)31-28-17-8-18(23)22(25-11-17)16-5-3-15(10-24)4-6-16/h3-9,11-12,28H,1-2H3,(H,26,29)(H,27,30). The summed E-state index contributed by atoms with van der Waals surface area (Å²) in [5.41, 5.74) is 4.63. The van der Waals surface area contributed by atoms with E-state index in [9.17, 15) is 9.59 Å². The molecule has 0 saturated carbocycles. The molecular weight excluding hydrogens is 434 g/mol. The highest BCUT2D eigenvalue weighted by Crippen LogP contribution is 2.34. The van der Waals surface area contributed by atoms with E-state index in [1.165, 1.54) is 18.9 Å². The van der Waals surface area contributed by atoms with E-state index in [1.54, 1.807) is 48.7 Å². The molecule has 0 spiro atoms. The molecule has 2 aromatic carbocycles. The number of rotatable bonds is 7. The Morgan fingerprint density at radius 3 is 2.55 bits per heavy atom. The van der Waals surface area contributed by atoms with E-state index in [2.05, 4.69) is 26.4 Å². The van der Waals surface area contributed by atoms with Crippen molar-refractivity contribution in [1.29, 1.82) is 5.26 Å². The number of pyridine rings is 1. The lowest BCUT2D eigenvalue weighted by atomic mass is 10.1. The van der Waals surface area contributed by atoms with E-state index in [0.717, 1.165) is 16.0 Å². The van der Waals surface area contributed by atoms with E-state index in [0.29, 0.717) is 39.8 Å². The Bertz CT molecular complexity index is 1180. The quantitative estimate of drug-likeness (QED) is 0.335. The molecule has 0 atom stereocenters. The zero-order chi connectivity index (χ0) is 22.4. The van der Waals surface area contributed by atoms with Crippen molar-refractivity contribution in [3.05, 3.63) is 64.8 Å². The number of carbonyl (C=O) groups is 2. The van der Waals surface area contributed by atoms with E-state index < -0.39 is 0 Å². The molecule has 0 bridgehead atoms. The molecule has 31 heavy (non-hydrogen) atoms. The summed E-state index contributed by atoms with van der Waals surface area (Å²) in [5.74, 6) is -0.240. The Morgan fingerprint density at radius 2 is 1.94 bits per heavy atom. The number of hydrogen-bond donors (Lipinski definition) is 3. The van der Waals surface area contributed by atoms with Crippen LogP contribution in [0, 0.1) is 18.3 Å². The van der Waals surface area contributed by atoms with Crippen molar-refractivity contribution in [3.63, 3.8) is 0 Å². The van der Waals surface area contributed by atoms with Crippen LogP contribution >= 0.6 is 23.5 Å². The van der Waals surface area contributed by atoms with Crippen LogP contribution in [0.1, 0.15) is 18.1 Å². The molecule has 3 rings (SSSR count). The zero-order valence-corrected chi connectivity index (χ0v) is 18.3. The first kappa shape index (κ1) is 22.2. The maximum absolute atomic E-state index is 11.5. The molecular formula is C22H18ClN5O2S. The second-order valence-corrected chi connectivity index (χ2v) is 7.81. The summed E-state index contributed by atoms with van der Waals surface area (Å²) in [6.45, 7) is 3.30. The molecule has 0 fully saturated rings. The molecule has 0 radical (unpaired) electrons. The zero-order valence-electron chi connectivity index (χ0n) is 16.7. The first-order chi connectivity index (χ1) is 14.9. The molecule has 156 valence electrons. The molecule has 3 N–H and O–H groups in total. The highest BCUT2D eigenvalue weighted by atomic mass is 35.5. The fourth-order valence-corrected chi connectivity index (χ4v) is 3.81. The fraction of sp³-hybridized carbons (Fsp3) is 0.0909. The highest BCUT2D eigenvalue weighted by Gasteiger charge is 2.11. The van der Waals surface area contributed by atoms with Gasteiger partial charge >= 0.3 is 0 Å². The average Bonchev–Trinajstić information content (AvgIpc) is 2.75. The van der Waals surface area contributed by atoms with Crippen molar-refractivity contribution in [2.24, 2.45) is 0 Å². The van der Waals surface area contributed by atoms with Crippen molar-refractivity contribution < 1.29 is 9.59 Å². The largest absolute Gasteiger partial charge is 0.327 e. The minimum atomic E-state index is -0.240. The van der Waals surface area contributed by atoms with Crippen LogP contribution in [-0.4, -0.2) is 17.3 Å². The van der Waals surface area contributed by atoms with Gasteiger partial charge in [-0.15, -0.1) is 0 Å². The second-order valence-electron chi connectivity index (χ2n) is 6.55. The number of aryl methyl sites for hydroxylation is 1. The second kappa shape index (κ2) is 9.98. The van der Waals surface area contributed by atoms with Crippen molar-refractivity contribution in [1.82, 2.24) is 4.98 Å². The third-order valence-electron chi connectivity index (χ3n) is 4.25. The normalized spacial score (nSPS) is 10.1. The van der Waals surface area contributed by atoms with E-state index in [-0.39, 0.29) is 5.91 Å². The summed E-state index contributed by atoms with van der Waals surface area (Å²) >= 11 is 7.75. The van der Waals surface area contributed by atoms with Crippen LogP contribution in [0.5, 0.6) is 0 Å². The Balaban J connectivity index is 1.79. The lowest BCUT2D eigenvalue weighted by Crippen LogP contribution is -2.09. The summed E-state index contributed by atoms with van der Waals surface area (Å²) in [6, 6.07) is 14.4. The monoisotopic (exact) mass is 451 g/mol. The SMILES string of the molecule is CC(=O)Nc1cc(SNc2cnc(-c3ccc(C#N)cc3)c(Cl)c2)c(C)cc1NC=O. The summed E-state index contributed by atoms with van der Waals surface area (Å²) in [7, 11) is 0. The third kappa shape index (κ3) is 5.54. The van der Waals surface area contributed by atoms with Crippen molar-refractivity contribution >= 4 is 52.9 Å². The number of hydrogen-bond acceptors (Lipinski definition) is 6. The van der Waals surface area contributed by atoms with Gasteiger partial charge in [0.2, 0.25) is 12.3 Å². The van der Waals surface area contributed by atoms with Gasteiger partial charge in [0.25, 0.3) is 0 Å². The molecule has 0 unspecified atom stereocenters. The van der Waals surface area contributed by atoms with Crippen molar-refractivity contribution in [3.8, 4) is 17.3 Å². The molecule has 1 aromatic heterocycles. The molecule has 7 nitrogen and oxygen atoms in total. The number of aromatic nitrogens is 1. The van der Waals surface area contributed by atoms with Gasteiger partial charge in [-0.05, 0) is 54.8 Å². The Hall–Kier alpha value is -3.54. The van der Waals surface area contributed by atoms with E-state index >= 15 is 0 Å². The summed E-state index contributed by atoms with van der Waals surface area (Å²) < 4.78 is 3.20. The van der Waals surface area contributed by atoms with E-state index in [4.69, 9.17) is 16.9 Å². The van der Waals surface area contributed by atoms with E-state index in [1.807, 2.05) is 6.92 Å². The molecule has 3 aromatic rings. The van der Waals surface area contributed by atoms with Crippen molar-refractivity contribution in [2.75, 3.05) is 15.4 Å². The predicted molar refractivity (Wildman–Crippen MR) is 124 cm³/mol. The molecule has 9 heteroatoms. The van der Waals surface area contributed by atoms with Crippen LogP contribution in [0.25, 0.3) is 11.3 Å². The number of anilines is 3. The Kier molecular flexibility index (Phi) is 7.13. The summed E-state index contributed by atoms with van der Waals surface area (Å²) in [6.07, 6.45) is 2.23. The van der Waals surface area contributed by atoms with Crippen LogP contribution in [0.2, 0.25) is 5.02 Å². The number of carbonyl (C=O) groups excluding carboxylic acids is 2. The molecule has 0 aliphatic carbocycles. The lowest BCUT2D eigenvalue weighted by Gasteiger charge is -2.15. The van der Waals surface area contributed by atoms with Crippen LogP contribution in [0.4, 0.5) is 17.1 Å². The van der Waals surface area contributed by atoms with Gasteiger partial charge in [0.15, 0.2) is 0 Å². The third-order valence-corrected chi connectivity index (χ3v) is 5.53. The molecule has 0 aliphatic rings. The lowest BCUT2D eigenvalue weighted by molar-refractivity contribution is -0.114. The first-order valence-corrected chi connectivity index (χ1v) is 10.3. The van der Waals surface area contributed by atoms with Gasteiger partial charge in [0.05, 0.1) is 45.6 Å². The number of nitrogens with one attached hydrogen (secondary N) is 3. The maximum Gasteiger partial charge on any atom is 0.221 e. The molecule has 1 heterocycles. The molecule has 2 amide bonds. The minimum absolute atomic E-state index is 0.240. The van der Waals surface area contributed by atoms with Gasteiger partial charge in [-0.1, -0.05) is 23.7 Å².